The first-order valence-corrected chi connectivity index (χ1v) is 11.5. The summed E-state index contributed by atoms with van der Waals surface area (Å²) in [5.74, 6) is 0.159. The monoisotopic (exact) mass is 507 g/mol. The molecule has 1 amide bonds. The number of hydrogen-bond donors (Lipinski definition) is 4. The van der Waals surface area contributed by atoms with Gasteiger partial charge in [-0.2, -0.15) is 4.98 Å². The Hall–Kier alpha value is -4.10. The average Bonchev–Trinajstić information content (AvgIpc) is 3.48. The van der Waals surface area contributed by atoms with Crippen molar-refractivity contribution in [3.8, 4) is 5.75 Å². The molecule has 5 rings (SSSR count). The molecule has 0 spiro atoms. The van der Waals surface area contributed by atoms with Gasteiger partial charge in [-0.25, -0.2) is 4.98 Å². The number of nitrogens with zero attached hydrogens (tertiary/aromatic N) is 3. The number of amides is 1. The quantitative estimate of drug-likeness (QED) is 0.275. The van der Waals surface area contributed by atoms with Gasteiger partial charge in [0.15, 0.2) is 17.4 Å². The molecule has 37 heavy (non-hydrogen) atoms. The first kappa shape index (κ1) is 24.6. The second kappa shape index (κ2) is 10.5. The van der Waals surface area contributed by atoms with Crippen molar-refractivity contribution in [3.63, 3.8) is 0 Å². The number of H-pyrrole nitrogens is 1. The molecule has 0 unspecified atom stereocenters. The van der Waals surface area contributed by atoms with E-state index in [1.807, 2.05) is 12.1 Å². The van der Waals surface area contributed by atoms with E-state index < -0.39 is 42.6 Å². The van der Waals surface area contributed by atoms with Gasteiger partial charge in [-0.05, 0) is 29.8 Å². The molecular weight excluding hydrogens is 482 g/mol. The summed E-state index contributed by atoms with van der Waals surface area (Å²) in [6.45, 7) is -0.304. The summed E-state index contributed by atoms with van der Waals surface area (Å²) in [5.41, 5.74) is 0.770. The van der Waals surface area contributed by atoms with Crippen LogP contribution in [0.5, 0.6) is 5.75 Å². The predicted octanol–water partition coefficient (Wildman–Crippen LogP) is 1.22. The summed E-state index contributed by atoms with van der Waals surface area (Å²) in [6.07, 6.45) is -2.62. The number of aromatic nitrogens is 4. The van der Waals surface area contributed by atoms with Gasteiger partial charge < -0.3 is 24.4 Å². The zero-order valence-electron chi connectivity index (χ0n) is 19.8. The second-order valence-corrected chi connectivity index (χ2v) is 8.42. The van der Waals surface area contributed by atoms with Gasteiger partial charge in [0.1, 0.15) is 24.1 Å². The summed E-state index contributed by atoms with van der Waals surface area (Å²) < 4.78 is 18.5. The number of methoxy groups -OCH3 is 1. The first-order valence-electron chi connectivity index (χ1n) is 11.5. The summed E-state index contributed by atoms with van der Waals surface area (Å²) in [7, 11) is 1.57. The molecule has 0 aliphatic carbocycles. The van der Waals surface area contributed by atoms with Gasteiger partial charge in [-0.3, -0.25) is 24.5 Å². The SMILES string of the molecule is COc1ccc(CO[C@@H]2[C@H](O)[C@@H](CO)O[C@H]2n2cnc3c(=O)[nH]c(NC(=O)c4ccccc4)nc32)cc1. The van der Waals surface area contributed by atoms with Crippen LogP contribution >= 0.6 is 0 Å². The lowest BCUT2D eigenvalue weighted by atomic mass is 10.1. The number of carbonyl (C=O) groups excluding carboxylic acids is 1. The minimum Gasteiger partial charge on any atom is -0.497 e. The Morgan fingerprint density at radius 1 is 1.19 bits per heavy atom. The Labute approximate surface area is 210 Å². The summed E-state index contributed by atoms with van der Waals surface area (Å²) in [5, 5.41) is 23.1. The lowest BCUT2D eigenvalue weighted by molar-refractivity contribution is -0.0761. The zero-order chi connectivity index (χ0) is 25.9. The van der Waals surface area contributed by atoms with Crippen molar-refractivity contribution in [1.82, 2.24) is 19.5 Å². The molecule has 1 saturated heterocycles. The Morgan fingerprint density at radius 3 is 2.65 bits per heavy atom. The van der Waals surface area contributed by atoms with Crippen LogP contribution in [-0.4, -0.2) is 67.7 Å². The highest BCUT2D eigenvalue weighted by molar-refractivity contribution is 6.03. The number of aliphatic hydroxyl groups is 2. The number of imidazole rings is 1. The van der Waals surface area contributed by atoms with Gasteiger partial charge in [0.05, 0.1) is 26.7 Å². The smallest absolute Gasteiger partial charge is 0.280 e. The summed E-state index contributed by atoms with van der Waals surface area (Å²) >= 11 is 0. The highest BCUT2D eigenvalue weighted by Gasteiger charge is 2.46. The zero-order valence-corrected chi connectivity index (χ0v) is 19.8. The van der Waals surface area contributed by atoms with E-state index >= 15 is 0 Å². The fraction of sp³-hybridized carbons (Fsp3) is 0.280. The standard InChI is InChI=1S/C25H25N5O7/c1-35-16-9-7-14(8-10-16)12-36-20-19(32)17(11-31)37-24(20)30-13-26-18-21(30)27-25(29-23(18)34)28-22(33)15-5-3-2-4-6-15/h2-10,13,17,19-20,24,31-32H,11-12H2,1H3,(H2,27,28,29,33,34)/t17-,19-,20-,24-/m1/s1. The number of benzene rings is 2. The number of aromatic amines is 1. The number of hydrogen-bond acceptors (Lipinski definition) is 9. The lowest BCUT2D eigenvalue weighted by Crippen LogP contribution is -2.35. The van der Waals surface area contributed by atoms with Crippen LogP contribution in [0, 0.1) is 0 Å². The lowest BCUT2D eigenvalue weighted by Gasteiger charge is -2.22. The molecule has 1 aliphatic heterocycles. The number of ether oxygens (including phenoxy) is 3. The Morgan fingerprint density at radius 2 is 1.95 bits per heavy atom. The average molecular weight is 508 g/mol. The normalized spacial score (nSPS) is 21.3. The van der Waals surface area contributed by atoms with Gasteiger partial charge in [0.2, 0.25) is 5.95 Å². The van der Waals surface area contributed by atoms with E-state index in [-0.39, 0.29) is 23.7 Å². The molecule has 1 fully saturated rings. The van der Waals surface area contributed by atoms with Crippen molar-refractivity contribution in [2.75, 3.05) is 19.0 Å². The number of anilines is 1. The molecule has 4 aromatic rings. The molecule has 0 radical (unpaired) electrons. The fourth-order valence-corrected chi connectivity index (χ4v) is 4.13. The van der Waals surface area contributed by atoms with Crippen molar-refractivity contribution < 1.29 is 29.2 Å². The minimum absolute atomic E-state index is 0.0113. The number of rotatable bonds is 8. The molecule has 0 saturated carbocycles. The van der Waals surface area contributed by atoms with Crippen LogP contribution in [0.2, 0.25) is 0 Å². The van der Waals surface area contributed by atoms with E-state index in [0.29, 0.717) is 11.3 Å². The maximum Gasteiger partial charge on any atom is 0.280 e. The Bertz CT molecular complexity index is 1440. The van der Waals surface area contributed by atoms with E-state index in [1.54, 1.807) is 49.6 Å². The molecule has 12 nitrogen and oxygen atoms in total. The molecule has 2 aromatic heterocycles. The molecule has 2 aromatic carbocycles. The summed E-state index contributed by atoms with van der Waals surface area (Å²) in [4.78, 5) is 36.3. The minimum atomic E-state index is -1.16. The van der Waals surface area contributed by atoms with Gasteiger partial charge in [0, 0.05) is 5.56 Å². The third kappa shape index (κ3) is 4.95. The van der Waals surface area contributed by atoms with Crippen molar-refractivity contribution in [3.05, 3.63) is 82.4 Å². The fourth-order valence-electron chi connectivity index (χ4n) is 4.13. The molecule has 192 valence electrons. The van der Waals surface area contributed by atoms with Crippen LogP contribution in [0.4, 0.5) is 5.95 Å². The largest absolute Gasteiger partial charge is 0.497 e. The molecule has 4 atom stereocenters. The number of aliphatic hydroxyl groups excluding tert-OH is 2. The topological polar surface area (TPSA) is 161 Å². The highest BCUT2D eigenvalue weighted by atomic mass is 16.6. The van der Waals surface area contributed by atoms with Crippen LogP contribution in [0.15, 0.2) is 65.7 Å². The second-order valence-electron chi connectivity index (χ2n) is 8.42. The van der Waals surface area contributed by atoms with Crippen LogP contribution < -0.4 is 15.6 Å². The number of carbonyl (C=O) groups is 1. The van der Waals surface area contributed by atoms with Crippen molar-refractivity contribution in [1.29, 1.82) is 0 Å². The molecule has 0 bridgehead atoms. The molecule has 1 aliphatic rings. The van der Waals surface area contributed by atoms with Crippen LogP contribution in [0.1, 0.15) is 22.1 Å². The molecule has 3 heterocycles. The maximum atomic E-state index is 12.7. The third-order valence-corrected chi connectivity index (χ3v) is 6.07. The van der Waals surface area contributed by atoms with Crippen LogP contribution in [-0.2, 0) is 16.1 Å². The van der Waals surface area contributed by atoms with Crippen molar-refractivity contribution in [2.45, 2.75) is 31.1 Å². The van der Waals surface area contributed by atoms with Crippen molar-refractivity contribution in [2.24, 2.45) is 0 Å². The van der Waals surface area contributed by atoms with E-state index in [2.05, 4.69) is 20.3 Å². The number of fused-ring (bicyclic) bond motifs is 1. The maximum absolute atomic E-state index is 12.7. The van der Waals surface area contributed by atoms with Gasteiger partial charge in [-0.1, -0.05) is 30.3 Å². The van der Waals surface area contributed by atoms with Crippen molar-refractivity contribution >= 4 is 23.0 Å². The molecule has 4 N–H and O–H groups in total. The van der Waals surface area contributed by atoms with Gasteiger partial charge in [-0.15, -0.1) is 0 Å². The highest BCUT2D eigenvalue weighted by Crippen LogP contribution is 2.34. The Kier molecular flexibility index (Phi) is 6.97. The van der Waals surface area contributed by atoms with Crippen LogP contribution in [0.3, 0.4) is 0 Å². The van der Waals surface area contributed by atoms with E-state index in [0.717, 1.165) is 5.56 Å². The summed E-state index contributed by atoms with van der Waals surface area (Å²) in [6, 6.07) is 15.7. The van der Waals surface area contributed by atoms with E-state index in [9.17, 15) is 19.8 Å². The van der Waals surface area contributed by atoms with Crippen LogP contribution in [0.25, 0.3) is 11.2 Å². The molecule has 12 heteroatoms. The molecular formula is C25H25N5O7. The Balaban J connectivity index is 1.43. The third-order valence-electron chi connectivity index (χ3n) is 6.07. The number of nitrogens with one attached hydrogen (secondary N) is 2. The van der Waals surface area contributed by atoms with E-state index in [1.165, 1.54) is 10.9 Å². The first-order chi connectivity index (χ1) is 18.0. The van der Waals surface area contributed by atoms with E-state index in [4.69, 9.17) is 14.2 Å². The van der Waals surface area contributed by atoms with Gasteiger partial charge in [0.25, 0.3) is 11.5 Å². The predicted molar refractivity (Wildman–Crippen MR) is 131 cm³/mol. The van der Waals surface area contributed by atoms with Gasteiger partial charge >= 0.3 is 0 Å².